The zero-order valence-electron chi connectivity index (χ0n) is 18.6. The van der Waals surface area contributed by atoms with Crippen molar-refractivity contribution in [1.29, 1.82) is 0 Å². The fourth-order valence-electron chi connectivity index (χ4n) is 4.24. The molecule has 1 aromatic heterocycles. The summed E-state index contributed by atoms with van der Waals surface area (Å²) >= 11 is 12.0. The minimum absolute atomic E-state index is 0.196. The summed E-state index contributed by atoms with van der Waals surface area (Å²) in [5.41, 5.74) is 2.69. The second kappa shape index (κ2) is 11.0. The van der Waals surface area contributed by atoms with Crippen LogP contribution in [0.2, 0.25) is 10.0 Å². The lowest BCUT2D eigenvalue weighted by atomic mass is 9.94. The zero-order chi connectivity index (χ0) is 23.2. The molecular formula is C26H28Cl2N4O. The molecule has 3 aromatic rings. The van der Waals surface area contributed by atoms with Crippen LogP contribution in [-0.2, 0) is 0 Å². The van der Waals surface area contributed by atoms with Gasteiger partial charge in [-0.15, -0.1) is 0 Å². The number of carbonyl (C=O) groups excluding carboxylic acids is 1. The number of rotatable bonds is 7. The molecule has 2 aromatic carbocycles. The number of anilines is 2. The zero-order valence-corrected chi connectivity index (χ0v) is 20.1. The standard InChI is InChI=1S/C26H28Cl2N4O/c1-18(20-5-4-6-21(27)15-20)32-13-11-19(12-14-32)16-29-24-8-3-2-7-23(24)26(33)31-25-10-9-22(28)17-30-25/h2-10,15,17-19,29H,11-14,16H2,1H3,(H,30,31,33)/t18-/m1/s1. The van der Waals surface area contributed by atoms with E-state index in [1.54, 1.807) is 12.1 Å². The smallest absolute Gasteiger partial charge is 0.258 e. The number of para-hydroxylation sites is 1. The SMILES string of the molecule is C[C@H](c1cccc(Cl)c1)N1CCC(CNc2ccccc2C(=O)Nc2ccc(Cl)cn2)CC1. The van der Waals surface area contributed by atoms with Gasteiger partial charge in [-0.3, -0.25) is 9.69 Å². The molecule has 4 rings (SSSR count). The molecular weight excluding hydrogens is 455 g/mol. The summed E-state index contributed by atoms with van der Waals surface area (Å²) in [6, 6.07) is 19.4. The molecule has 0 unspecified atom stereocenters. The van der Waals surface area contributed by atoms with Gasteiger partial charge in [-0.1, -0.05) is 47.5 Å². The Balaban J connectivity index is 1.31. The first-order valence-electron chi connectivity index (χ1n) is 11.2. The molecule has 2 heterocycles. The highest BCUT2D eigenvalue weighted by Crippen LogP contribution is 2.28. The number of likely N-dealkylation sites (tertiary alicyclic amines) is 1. The van der Waals surface area contributed by atoms with Crippen LogP contribution in [-0.4, -0.2) is 35.4 Å². The van der Waals surface area contributed by atoms with Crippen molar-refractivity contribution in [2.45, 2.75) is 25.8 Å². The Hall–Kier alpha value is -2.60. The van der Waals surface area contributed by atoms with Crippen molar-refractivity contribution in [2.75, 3.05) is 30.3 Å². The lowest BCUT2D eigenvalue weighted by Crippen LogP contribution is -2.37. The maximum atomic E-state index is 12.8. The number of halogens is 2. The van der Waals surface area contributed by atoms with Gasteiger partial charge in [0.25, 0.3) is 5.91 Å². The van der Waals surface area contributed by atoms with Crippen molar-refractivity contribution in [3.63, 3.8) is 0 Å². The third kappa shape index (κ3) is 6.26. The molecule has 1 fully saturated rings. The number of carbonyl (C=O) groups is 1. The lowest BCUT2D eigenvalue weighted by Gasteiger charge is -2.36. The summed E-state index contributed by atoms with van der Waals surface area (Å²) in [5, 5.41) is 7.66. The van der Waals surface area contributed by atoms with Gasteiger partial charge in [0.05, 0.1) is 10.6 Å². The first kappa shape index (κ1) is 23.6. The van der Waals surface area contributed by atoms with Crippen LogP contribution >= 0.6 is 23.2 Å². The van der Waals surface area contributed by atoms with Crippen LogP contribution in [0.5, 0.6) is 0 Å². The highest BCUT2D eigenvalue weighted by atomic mass is 35.5. The highest BCUT2D eigenvalue weighted by molar-refractivity contribution is 6.30. The van der Waals surface area contributed by atoms with Gasteiger partial charge in [0.1, 0.15) is 5.82 Å². The molecule has 0 saturated carbocycles. The fraction of sp³-hybridized carbons (Fsp3) is 0.308. The number of piperidine rings is 1. The number of hydrogen-bond donors (Lipinski definition) is 2. The van der Waals surface area contributed by atoms with Crippen LogP contribution < -0.4 is 10.6 Å². The molecule has 0 bridgehead atoms. The van der Waals surface area contributed by atoms with Crippen molar-refractivity contribution in [1.82, 2.24) is 9.88 Å². The third-order valence-corrected chi connectivity index (χ3v) is 6.71. The maximum absolute atomic E-state index is 12.8. The molecule has 0 aliphatic carbocycles. The Morgan fingerprint density at radius 3 is 2.58 bits per heavy atom. The number of aromatic nitrogens is 1. The Morgan fingerprint density at radius 1 is 1.06 bits per heavy atom. The first-order chi connectivity index (χ1) is 16.0. The van der Waals surface area contributed by atoms with E-state index in [0.717, 1.165) is 43.2 Å². The monoisotopic (exact) mass is 482 g/mol. The molecule has 7 heteroatoms. The van der Waals surface area contributed by atoms with Crippen LogP contribution in [0.3, 0.4) is 0 Å². The van der Waals surface area contributed by atoms with Gasteiger partial charge >= 0.3 is 0 Å². The van der Waals surface area contributed by atoms with Gasteiger partial charge in [-0.25, -0.2) is 4.98 Å². The molecule has 33 heavy (non-hydrogen) atoms. The molecule has 1 atom stereocenters. The van der Waals surface area contributed by atoms with Gasteiger partial charge < -0.3 is 10.6 Å². The van der Waals surface area contributed by atoms with Gasteiger partial charge in [0.15, 0.2) is 0 Å². The van der Waals surface area contributed by atoms with Crippen molar-refractivity contribution < 1.29 is 4.79 Å². The molecule has 1 saturated heterocycles. The Morgan fingerprint density at radius 2 is 1.85 bits per heavy atom. The normalized spacial score (nSPS) is 15.7. The van der Waals surface area contributed by atoms with Gasteiger partial charge in [-0.05, 0) is 80.7 Å². The second-order valence-electron chi connectivity index (χ2n) is 8.45. The van der Waals surface area contributed by atoms with Crippen LogP contribution in [0, 0.1) is 5.92 Å². The first-order valence-corrected chi connectivity index (χ1v) is 12.0. The average Bonchev–Trinajstić information content (AvgIpc) is 2.84. The number of amides is 1. The summed E-state index contributed by atoms with van der Waals surface area (Å²) in [7, 11) is 0. The van der Waals surface area contributed by atoms with E-state index in [2.05, 4.69) is 39.6 Å². The minimum Gasteiger partial charge on any atom is -0.384 e. The largest absolute Gasteiger partial charge is 0.384 e. The van der Waals surface area contributed by atoms with E-state index in [1.807, 2.05) is 36.4 Å². The van der Waals surface area contributed by atoms with Gasteiger partial charge in [0, 0.05) is 29.5 Å². The average molecular weight is 483 g/mol. The van der Waals surface area contributed by atoms with Gasteiger partial charge in [0.2, 0.25) is 0 Å². The Kier molecular flexibility index (Phi) is 7.86. The van der Waals surface area contributed by atoms with Crippen LogP contribution in [0.25, 0.3) is 0 Å². The highest BCUT2D eigenvalue weighted by Gasteiger charge is 2.24. The van der Waals surface area contributed by atoms with E-state index >= 15 is 0 Å². The second-order valence-corrected chi connectivity index (χ2v) is 9.33. The lowest BCUT2D eigenvalue weighted by molar-refractivity contribution is 0.102. The summed E-state index contributed by atoms with van der Waals surface area (Å²) in [6.07, 6.45) is 3.74. The van der Waals surface area contributed by atoms with Gasteiger partial charge in [-0.2, -0.15) is 0 Å². The van der Waals surface area contributed by atoms with E-state index in [1.165, 1.54) is 11.8 Å². The molecule has 1 amide bonds. The Bertz CT molecular complexity index is 1080. The molecule has 1 aliphatic rings. The van der Waals surface area contributed by atoms with Crippen molar-refractivity contribution in [3.05, 3.63) is 88.0 Å². The topological polar surface area (TPSA) is 57.3 Å². The van der Waals surface area contributed by atoms with E-state index in [-0.39, 0.29) is 5.91 Å². The van der Waals surface area contributed by atoms with Crippen molar-refractivity contribution >= 4 is 40.6 Å². The van der Waals surface area contributed by atoms with E-state index in [4.69, 9.17) is 23.2 Å². The van der Waals surface area contributed by atoms with Crippen molar-refractivity contribution in [2.24, 2.45) is 5.92 Å². The van der Waals surface area contributed by atoms with Crippen LogP contribution in [0.4, 0.5) is 11.5 Å². The molecule has 0 spiro atoms. The summed E-state index contributed by atoms with van der Waals surface area (Å²) in [5.74, 6) is 0.834. The fourth-order valence-corrected chi connectivity index (χ4v) is 4.56. The summed E-state index contributed by atoms with van der Waals surface area (Å²) in [6.45, 7) is 5.17. The third-order valence-electron chi connectivity index (χ3n) is 6.25. The molecule has 1 aliphatic heterocycles. The minimum atomic E-state index is -0.196. The number of hydrogen-bond acceptors (Lipinski definition) is 4. The van der Waals surface area contributed by atoms with E-state index in [0.29, 0.717) is 28.4 Å². The van der Waals surface area contributed by atoms with Crippen LogP contribution in [0.15, 0.2) is 66.9 Å². The molecule has 0 radical (unpaired) electrons. The number of nitrogens with zero attached hydrogens (tertiary/aromatic N) is 2. The summed E-state index contributed by atoms with van der Waals surface area (Å²) < 4.78 is 0. The maximum Gasteiger partial charge on any atom is 0.258 e. The number of benzene rings is 2. The molecule has 172 valence electrons. The Labute approximate surface area is 205 Å². The van der Waals surface area contributed by atoms with Crippen molar-refractivity contribution in [3.8, 4) is 0 Å². The number of pyridine rings is 1. The van der Waals surface area contributed by atoms with Crippen LogP contribution in [0.1, 0.15) is 41.7 Å². The number of nitrogens with one attached hydrogen (secondary N) is 2. The van der Waals surface area contributed by atoms with E-state index in [9.17, 15) is 4.79 Å². The quantitative estimate of drug-likeness (QED) is 0.402. The summed E-state index contributed by atoms with van der Waals surface area (Å²) in [4.78, 5) is 19.5. The predicted octanol–water partition coefficient (Wildman–Crippen LogP) is 6.53. The van der Waals surface area contributed by atoms with E-state index < -0.39 is 0 Å². The predicted molar refractivity (Wildman–Crippen MR) is 136 cm³/mol. The molecule has 5 nitrogen and oxygen atoms in total. The molecule has 2 N–H and O–H groups in total.